The van der Waals surface area contributed by atoms with E-state index in [1.807, 2.05) is 13.8 Å². The van der Waals surface area contributed by atoms with Gasteiger partial charge in [0.05, 0.1) is 18.1 Å². The molecule has 2 aromatic heterocycles. The van der Waals surface area contributed by atoms with Crippen LogP contribution in [0.5, 0.6) is 5.75 Å². The van der Waals surface area contributed by atoms with Gasteiger partial charge in [0, 0.05) is 4.88 Å². The molecule has 0 radical (unpaired) electrons. The molecule has 0 aliphatic carbocycles. The third kappa shape index (κ3) is 3.28. The first-order valence-electron chi connectivity index (χ1n) is 7.75. The summed E-state index contributed by atoms with van der Waals surface area (Å²) in [5, 5.41) is 0.595. The van der Waals surface area contributed by atoms with E-state index < -0.39 is 12.1 Å². The standard InChI is InChI=1S/C18H18N2O4S/c1-9-11(3)25-17-14(9)16(21)19-15(20-17)10(2)24-18(22)12-6-5-7-13(8-12)23-4/h5-8,10H,1-4H3,(H,19,20,21)/t10-/m1/s1. The maximum atomic E-state index is 12.3. The second-order valence-electron chi connectivity index (χ2n) is 5.69. The van der Waals surface area contributed by atoms with E-state index in [9.17, 15) is 9.59 Å². The molecule has 0 spiro atoms. The molecule has 0 bridgehead atoms. The zero-order valence-electron chi connectivity index (χ0n) is 14.4. The summed E-state index contributed by atoms with van der Waals surface area (Å²) in [5.74, 6) is 0.391. The number of methoxy groups -OCH3 is 1. The zero-order chi connectivity index (χ0) is 18.1. The van der Waals surface area contributed by atoms with Gasteiger partial charge >= 0.3 is 5.97 Å². The number of esters is 1. The minimum atomic E-state index is -0.682. The summed E-state index contributed by atoms with van der Waals surface area (Å²) in [6.45, 7) is 5.53. The fourth-order valence-electron chi connectivity index (χ4n) is 2.50. The van der Waals surface area contributed by atoms with Crippen molar-refractivity contribution in [1.82, 2.24) is 9.97 Å². The van der Waals surface area contributed by atoms with Crippen LogP contribution in [0.25, 0.3) is 10.2 Å². The van der Waals surface area contributed by atoms with Crippen LogP contribution in [0.15, 0.2) is 29.1 Å². The Labute approximate surface area is 148 Å². The van der Waals surface area contributed by atoms with Crippen LogP contribution in [0, 0.1) is 13.8 Å². The number of hydrogen-bond acceptors (Lipinski definition) is 6. The van der Waals surface area contributed by atoms with Crippen molar-refractivity contribution in [2.75, 3.05) is 7.11 Å². The fourth-order valence-corrected chi connectivity index (χ4v) is 3.54. The molecule has 25 heavy (non-hydrogen) atoms. The fraction of sp³-hybridized carbons (Fsp3) is 0.278. The Balaban J connectivity index is 1.88. The number of rotatable bonds is 4. The summed E-state index contributed by atoms with van der Waals surface area (Å²) in [7, 11) is 1.53. The minimum Gasteiger partial charge on any atom is -0.497 e. The smallest absolute Gasteiger partial charge is 0.338 e. The van der Waals surface area contributed by atoms with Crippen molar-refractivity contribution in [3.05, 3.63) is 56.4 Å². The quantitative estimate of drug-likeness (QED) is 0.722. The van der Waals surface area contributed by atoms with Gasteiger partial charge in [-0.15, -0.1) is 11.3 Å². The monoisotopic (exact) mass is 358 g/mol. The Morgan fingerprint density at radius 1 is 1.32 bits per heavy atom. The molecule has 3 rings (SSSR count). The average molecular weight is 358 g/mol. The van der Waals surface area contributed by atoms with Gasteiger partial charge < -0.3 is 14.5 Å². The first-order valence-corrected chi connectivity index (χ1v) is 8.57. The van der Waals surface area contributed by atoms with Crippen molar-refractivity contribution in [2.24, 2.45) is 0 Å². The zero-order valence-corrected chi connectivity index (χ0v) is 15.2. The van der Waals surface area contributed by atoms with Crippen molar-refractivity contribution < 1.29 is 14.3 Å². The molecule has 2 heterocycles. The molecule has 1 atom stereocenters. The maximum absolute atomic E-state index is 12.3. The second-order valence-corrected chi connectivity index (χ2v) is 6.90. The Hall–Kier alpha value is -2.67. The molecule has 0 aliphatic rings. The third-order valence-corrected chi connectivity index (χ3v) is 5.13. The van der Waals surface area contributed by atoms with E-state index in [4.69, 9.17) is 9.47 Å². The Bertz CT molecular complexity index is 1010. The highest BCUT2D eigenvalue weighted by Gasteiger charge is 2.19. The van der Waals surface area contributed by atoms with Gasteiger partial charge in [-0.05, 0) is 44.5 Å². The van der Waals surface area contributed by atoms with Gasteiger partial charge in [0.2, 0.25) is 0 Å². The molecular formula is C18H18N2O4S. The van der Waals surface area contributed by atoms with Crippen molar-refractivity contribution in [3.8, 4) is 5.75 Å². The van der Waals surface area contributed by atoms with Crippen molar-refractivity contribution in [1.29, 1.82) is 0 Å². The summed E-state index contributed by atoms with van der Waals surface area (Å²) in [4.78, 5) is 33.5. The molecule has 1 aromatic carbocycles. The lowest BCUT2D eigenvalue weighted by molar-refractivity contribution is 0.0319. The molecule has 3 aromatic rings. The number of aromatic nitrogens is 2. The largest absolute Gasteiger partial charge is 0.497 e. The van der Waals surface area contributed by atoms with Crippen LogP contribution in [-0.2, 0) is 4.74 Å². The molecule has 0 saturated heterocycles. The highest BCUT2D eigenvalue weighted by atomic mass is 32.1. The summed E-state index contributed by atoms with van der Waals surface area (Å²) in [5.41, 5.74) is 1.09. The van der Waals surface area contributed by atoms with Gasteiger partial charge in [0.15, 0.2) is 11.9 Å². The molecular weight excluding hydrogens is 340 g/mol. The number of carbonyl (C=O) groups excluding carboxylic acids is 1. The summed E-state index contributed by atoms with van der Waals surface area (Å²) in [6.07, 6.45) is -0.682. The molecule has 0 saturated carbocycles. The van der Waals surface area contributed by atoms with Crippen molar-refractivity contribution in [3.63, 3.8) is 0 Å². The molecule has 0 amide bonds. The van der Waals surface area contributed by atoms with Crippen LogP contribution in [0.1, 0.15) is 39.7 Å². The van der Waals surface area contributed by atoms with Gasteiger partial charge in [-0.3, -0.25) is 4.79 Å². The van der Waals surface area contributed by atoms with Gasteiger partial charge in [-0.2, -0.15) is 0 Å². The van der Waals surface area contributed by atoms with E-state index in [0.717, 1.165) is 10.4 Å². The Kier molecular flexibility index (Phi) is 4.59. The number of thiophene rings is 1. The van der Waals surface area contributed by atoms with E-state index in [-0.39, 0.29) is 5.56 Å². The lowest BCUT2D eigenvalue weighted by Crippen LogP contribution is -2.17. The topological polar surface area (TPSA) is 81.3 Å². The minimum absolute atomic E-state index is 0.217. The Morgan fingerprint density at radius 3 is 2.80 bits per heavy atom. The van der Waals surface area contributed by atoms with Crippen molar-refractivity contribution in [2.45, 2.75) is 26.9 Å². The number of benzene rings is 1. The highest BCUT2D eigenvalue weighted by Crippen LogP contribution is 2.27. The average Bonchev–Trinajstić information content (AvgIpc) is 2.89. The summed E-state index contributed by atoms with van der Waals surface area (Å²) < 4.78 is 10.5. The van der Waals surface area contributed by atoms with Gasteiger partial charge in [0.25, 0.3) is 5.56 Å². The van der Waals surface area contributed by atoms with Gasteiger partial charge in [-0.1, -0.05) is 6.07 Å². The molecule has 130 valence electrons. The predicted octanol–water partition coefficient (Wildman–Crippen LogP) is 3.53. The molecule has 1 N–H and O–H groups in total. The number of carbonyl (C=O) groups is 1. The summed E-state index contributed by atoms with van der Waals surface area (Å²) >= 11 is 1.46. The Morgan fingerprint density at radius 2 is 2.08 bits per heavy atom. The predicted molar refractivity (Wildman–Crippen MR) is 96.5 cm³/mol. The normalized spacial score (nSPS) is 12.2. The van der Waals surface area contributed by atoms with E-state index >= 15 is 0 Å². The second kappa shape index (κ2) is 6.68. The molecule has 7 heteroatoms. The maximum Gasteiger partial charge on any atom is 0.338 e. The van der Waals surface area contributed by atoms with E-state index in [0.29, 0.717) is 27.4 Å². The van der Waals surface area contributed by atoms with Gasteiger partial charge in [-0.25, -0.2) is 9.78 Å². The number of nitrogens with zero attached hydrogens (tertiary/aromatic N) is 1. The number of ether oxygens (including phenoxy) is 2. The van der Waals surface area contributed by atoms with E-state index in [1.54, 1.807) is 31.2 Å². The van der Waals surface area contributed by atoms with Crippen LogP contribution in [0.2, 0.25) is 0 Å². The highest BCUT2D eigenvalue weighted by molar-refractivity contribution is 7.18. The summed E-state index contributed by atoms with van der Waals surface area (Å²) in [6, 6.07) is 6.70. The number of aromatic amines is 1. The van der Waals surface area contributed by atoms with Crippen LogP contribution in [0.3, 0.4) is 0 Å². The number of fused-ring (bicyclic) bond motifs is 1. The number of hydrogen-bond donors (Lipinski definition) is 1. The number of aryl methyl sites for hydroxylation is 2. The van der Waals surface area contributed by atoms with Crippen LogP contribution >= 0.6 is 11.3 Å². The molecule has 0 aliphatic heterocycles. The molecule has 6 nitrogen and oxygen atoms in total. The SMILES string of the molecule is COc1cccc(C(=O)O[C@H](C)c2nc3sc(C)c(C)c3c(=O)[nH]2)c1. The number of nitrogens with one attached hydrogen (secondary N) is 1. The molecule has 0 unspecified atom stereocenters. The first-order chi connectivity index (χ1) is 11.9. The number of H-pyrrole nitrogens is 1. The first kappa shape index (κ1) is 17.2. The molecule has 0 fully saturated rings. The van der Waals surface area contributed by atoms with Crippen LogP contribution in [0.4, 0.5) is 0 Å². The van der Waals surface area contributed by atoms with Crippen molar-refractivity contribution >= 4 is 27.5 Å². The van der Waals surface area contributed by atoms with Gasteiger partial charge in [0.1, 0.15) is 10.6 Å². The third-order valence-electron chi connectivity index (χ3n) is 4.03. The van der Waals surface area contributed by atoms with E-state index in [2.05, 4.69) is 9.97 Å². The lowest BCUT2D eigenvalue weighted by Gasteiger charge is -2.13. The lowest BCUT2D eigenvalue weighted by atomic mass is 10.2. The van der Waals surface area contributed by atoms with E-state index in [1.165, 1.54) is 18.4 Å². The van der Waals surface area contributed by atoms with Crippen LogP contribution < -0.4 is 10.3 Å². The van der Waals surface area contributed by atoms with Crippen LogP contribution in [-0.4, -0.2) is 23.0 Å².